The maximum atomic E-state index is 15.9. The highest BCUT2D eigenvalue weighted by molar-refractivity contribution is 7.29. The predicted octanol–water partition coefficient (Wildman–Crippen LogP) is 12.3. The first-order chi connectivity index (χ1) is 36.1. The molecule has 9 aromatic rings. The van der Waals surface area contributed by atoms with Gasteiger partial charge in [-0.1, -0.05) is 146 Å². The molecule has 0 aliphatic heterocycles. The summed E-state index contributed by atoms with van der Waals surface area (Å²) in [6.45, 7) is 0.937. The lowest BCUT2D eigenvalue weighted by Gasteiger charge is -2.29. The van der Waals surface area contributed by atoms with Crippen LogP contribution in [0.3, 0.4) is 0 Å². The van der Waals surface area contributed by atoms with Crippen LogP contribution < -0.4 is 0 Å². The number of carbonyl (C=O) groups excluding carboxylic acids is 6. The van der Waals surface area contributed by atoms with Crippen LogP contribution in [0.4, 0.5) is 0 Å². The lowest BCUT2D eigenvalue weighted by atomic mass is 9.76. The highest BCUT2D eigenvalue weighted by atomic mass is 32.1. The first-order valence-corrected chi connectivity index (χ1v) is 26.1. The Morgan fingerprint density at radius 2 is 0.878 bits per heavy atom. The standard InChI is InChI=1S/C61H40O10S3/c1-35-26-47-54(72-35)50-55(74-47)49-48(61(50,58(66)70-33-38-20-10-4-11-21-38)59(67)71-34-39-22-12-5-13-23-39)53-46(30-42(73-53)29-45-51(62)43-27-40-24-14-15-25-41(40)28-44(43)52(45)63)60(49,56(64)68-31-36-16-6-2-7-17-36)57(65)69-32-37-18-8-3-9-19-37/h2-30H,31-34H2,1H3. The molecule has 0 saturated heterocycles. The van der Waals surface area contributed by atoms with Crippen LogP contribution in [-0.4, -0.2) is 35.4 Å². The molecule has 0 bridgehead atoms. The van der Waals surface area contributed by atoms with E-state index < -0.39 is 46.3 Å². The van der Waals surface area contributed by atoms with Gasteiger partial charge < -0.3 is 18.9 Å². The highest BCUT2D eigenvalue weighted by Crippen LogP contribution is 2.69. The van der Waals surface area contributed by atoms with Crippen molar-refractivity contribution >= 4 is 107 Å². The Bertz CT molecular complexity index is 3700. The predicted molar refractivity (Wildman–Crippen MR) is 284 cm³/mol. The Morgan fingerprint density at radius 3 is 1.32 bits per heavy atom. The van der Waals surface area contributed by atoms with E-state index in [4.69, 9.17) is 18.9 Å². The van der Waals surface area contributed by atoms with E-state index in [0.29, 0.717) is 36.5 Å². The first-order valence-electron chi connectivity index (χ1n) is 23.7. The smallest absolute Gasteiger partial charge is 0.333 e. The molecule has 3 aromatic heterocycles. The van der Waals surface area contributed by atoms with Crippen molar-refractivity contribution in [1.29, 1.82) is 0 Å². The number of aryl methyl sites for hydroxylation is 1. The molecule has 362 valence electrons. The number of thiophene rings is 3. The lowest BCUT2D eigenvalue weighted by Crippen LogP contribution is -2.45. The van der Waals surface area contributed by atoms with Gasteiger partial charge >= 0.3 is 23.9 Å². The summed E-state index contributed by atoms with van der Waals surface area (Å²) in [6.07, 6.45) is 1.45. The van der Waals surface area contributed by atoms with Crippen molar-refractivity contribution in [2.45, 2.75) is 44.2 Å². The molecule has 10 nitrogen and oxygen atoms in total. The zero-order valence-corrected chi connectivity index (χ0v) is 41.8. The topological polar surface area (TPSA) is 139 Å². The molecule has 3 aliphatic rings. The molecule has 0 unspecified atom stereocenters. The number of allylic oxidation sites excluding steroid dienone is 1. The number of rotatable bonds is 13. The lowest BCUT2D eigenvalue weighted by molar-refractivity contribution is -0.165. The zero-order valence-electron chi connectivity index (χ0n) is 39.4. The van der Waals surface area contributed by atoms with Crippen LogP contribution in [0.15, 0.2) is 175 Å². The molecule has 0 radical (unpaired) electrons. The van der Waals surface area contributed by atoms with Crippen molar-refractivity contribution in [1.82, 2.24) is 0 Å². The maximum Gasteiger partial charge on any atom is 0.333 e. The second-order valence-electron chi connectivity index (χ2n) is 18.2. The number of hydrogen-bond acceptors (Lipinski definition) is 13. The zero-order chi connectivity index (χ0) is 50.7. The van der Waals surface area contributed by atoms with Crippen molar-refractivity contribution in [3.8, 4) is 0 Å². The van der Waals surface area contributed by atoms with Gasteiger partial charge in [0.25, 0.3) is 0 Å². The minimum absolute atomic E-state index is 0.000547. The summed E-state index contributed by atoms with van der Waals surface area (Å²) < 4.78 is 26.5. The average molecular weight is 1030 g/mol. The van der Waals surface area contributed by atoms with Crippen LogP contribution in [0.5, 0.6) is 0 Å². The number of hydrogen-bond donors (Lipinski definition) is 0. The molecule has 0 amide bonds. The fraction of sp³-hybridized carbons (Fsp3) is 0.115. The second-order valence-corrected chi connectivity index (χ2v) is 21.6. The van der Waals surface area contributed by atoms with Gasteiger partial charge in [0.1, 0.15) is 26.4 Å². The van der Waals surface area contributed by atoms with Gasteiger partial charge in [-0.3, -0.25) is 28.8 Å². The monoisotopic (exact) mass is 1030 g/mol. The summed E-state index contributed by atoms with van der Waals surface area (Å²) in [6, 6.07) is 50.4. The summed E-state index contributed by atoms with van der Waals surface area (Å²) in [4.78, 5) is 94.0. The molecule has 0 atom stereocenters. The molecule has 6 aromatic carbocycles. The van der Waals surface area contributed by atoms with Crippen LogP contribution in [0.25, 0.3) is 37.4 Å². The first kappa shape index (κ1) is 46.7. The Balaban J connectivity index is 1.12. The summed E-state index contributed by atoms with van der Waals surface area (Å²) >= 11 is 3.62. The van der Waals surface area contributed by atoms with E-state index in [2.05, 4.69) is 0 Å². The van der Waals surface area contributed by atoms with E-state index in [0.717, 1.165) is 27.0 Å². The molecule has 74 heavy (non-hydrogen) atoms. The second kappa shape index (κ2) is 18.6. The summed E-state index contributed by atoms with van der Waals surface area (Å²) in [5.74, 6) is -5.04. The Kier molecular flexibility index (Phi) is 11.7. The van der Waals surface area contributed by atoms with Crippen molar-refractivity contribution in [2.24, 2.45) is 0 Å². The van der Waals surface area contributed by atoms with E-state index in [1.54, 1.807) is 115 Å². The SMILES string of the molecule is Cc1cc2sc3c(c2s1)C(C(=O)OCc1ccccc1)(C(=O)OCc1ccccc1)C1=C3C(C(=O)OCc2ccccc2)(C(=O)OCc2ccccc2)c2cc(C=C3C(=O)c4cc5ccccc5cc4C3=O)sc21. The van der Waals surface area contributed by atoms with E-state index in [1.165, 1.54) is 28.7 Å². The van der Waals surface area contributed by atoms with Gasteiger partial charge in [0.05, 0.1) is 10.3 Å². The number of ketones is 2. The van der Waals surface area contributed by atoms with Gasteiger partial charge in [-0.15, -0.1) is 34.0 Å². The molecule has 0 N–H and O–H groups in total. The van der Waals surface area contributed by atoms with Gasteiger partial charge in [-0.25, -0.2) is 0 Å². The molecule has 3 aliphatic carbocycles. The fourth-order valence-corrected chi connectivity index (χ4v) is 14.3. The molecule has 13 heteroatoms. The van der Waals surface area contributed by atoms with Gasteiger partial charge in [-0.2, -0.15) is 0 Å². The number of ether oxygens (including phenoxy) is 4. The van der Waals surface area contributed by atoms with Crippen molar-refractivity contribution in [2.75, 3.05) is 0 Å². The van der Waals surface area contributed by atoms with Crippen LogP contribution >= 0.6 is 34.0 Å². The summed E-state index contributed by atoms with van der Waals surface area (Å²) in [5, 5.41) is 1.57. The Labute approximate surface area is 435 Å². The van der Waals surface area contributed by atoms with Crippen LogP contribution in [0.1, 0.15) is 73.6 Å². The number of fused-ring (bicyclic) bond motifs is 8. The van der Waals surface area contributed by atoms with Crippen molar-refractivity contribution in [3.63, 3.8) is 0 Å². The number of carbonyl (C=O) groups is 6. The van der Waals surface area contributed by atoms with E-state index in [1.807, 2.05) is 61.5 Å². The quantitative estimate of drug-likeness (QED) is 0.0360. The molecular formula is C61H40O10S3. The minimum atomic E-state index is -2.50. The van der Waals surface area contributed by atoms with E-state index >= 15 is 19.2 Å². The van der Waals surface area contributed by atoms with Crippen molar-refractivity contribution in [3.05, 3.63) is 239 Å². The third kappa shape index (κ3) is 7.49. The summed E-state index contributed by atoms with van der Waals surface area (Å²) in [5.41, 5.74) is -1.75. The normalized spacial score (nSPS) is 14.6. The molecular weight excluding hydrogens is 989 g/mol. The molecule has 12 rings (SSSR count). The van der Waals surface area contributed by atoms with Gasteiger partial charge in [0.15, 0.2) is 11.6 Å². The highest BCUT2D eigenvalue weighted by Gasteiger charge is 2.72. The van der Waals surface area contributed by atoms with Crippen LogP contribution in [0.2, 0.25) is 0 Å². The number of benzene rings is 6. The molecule has 0 saturated carbocycles. The Morgan fingerprint density at radius 1 is 0.473 bits per heavy atom. The minimum Gasteiger partial charge on any atom is -0.459 e. The third-order valence-corrected chi connectivity index (χ3v) is 17.1. The van der Waals surface area contributed by atoms with Gasteiger partial charge in [0, 0.05) is 57.6 Å². The average Bonchev–Trinajstić information content (AvgIpc) is 4.33. The van der Waals surface area contributed by atoms with Crippen LogP contribution in [0, 0.1) is 6.92 Å². The fourth-order valence-electron chi connectivity index (χ4n) is 10.3. The largest absolute Gasteiger partial charge is 0.459 e. The van der Waals surface area contributed by atoms with E-state index in [9.17, 15) is 9.59 Å². The Hall–Kier alpha value is -8.36. The number of esters is 4. The van der Waals surface area contributed by atoms with Gasteiger partial charge in [0.2, 0.25) is 10.8 Å². The number of Topliss-reactive ketones (excluding diaryl/α,β-unsaturated/α-hetero) is 2. The molecule has 3 heterocycles. The molecule has 0 spiro atoms. The molecule has 0 fully saturated rings. The van der Waals surface area contributed by atoms with Crippen molar-refractivity contribution < 1.29 is 47.7 Å². The third-order valence-electron chi connectivity index (χ3n) is 13.7. The van der Waals surface area contributed by atoms with Crippen LogP contribution in [-0.2, 0) is 75.4 Å². The maximum absolute atomic E-state index is 15.9. The van der Waals surface area contributed by atoms with E-state index in [-0.39, 0.29) is 75.2 Å². The summed E-state index contributed by atoms with van der Waals surface area (Å²) in [7, 11) is 0. The van der Waals surface area contributed by atoms with Gasteiger partial charge in [-0.05, 0) is 70.3 Å².